The molecule has 0 aliphatic rings. The van der Waals surface area contributed by atoms with E-state index in [4.69, 9.17) is 9.84 Å². The van der Waals surface area contributed by atoms with Crippen molar-refractivity contribution < 1.29 is 19.4 Å². The number of carbonyl (C=O) groups is 2. The highest BCUT2D eigenvalue weighted by molar-refractivity contribution is 5.76. The van der Waals surface area contributed by atoms with Crippen LogP contribution in [0.5, 0.6) is 0 Å². The van der Waals surface area contributed by atoms with Crippen LogP contribution in [-0.2, 0) is 16.1 Å². The van der Waals surface area contributed by atoms with Gasteiger partial charge < -0.3 is 15.2 Å². The molecule has 5 nitrogen and oxygen atoms in total. The molecular formula is C19H33NO4. The molecule has 0 aliphatic carbocycles. The van der Waals surface area contributed by atoms with Crippen LogP contribution in [0, 0.1) is 5.92 Å². The van der Waals surface area contributed by atoms with Crippen molar-refractivity contribution in [1.82, 2.24) is 5.32 Å². The van der Waals surface area contributed by atoms with E-state index in [0.717, 1.165) is 11.5 Å². The molecule has 1 atom stereocenters. The molecule has 0 heterocycles. The minimum absolute atomic E-state index is 0.131. The molecule has 0 radical (unpaired) electrons. The van der Waals surface area contributed by atoms with Crippen LogP contribution in [0.25, 0.3) is 0 Å². The second-order valence-corrected chi connectivity index (χ2v) is 5.11. The minimum atomic E-state index is -1.10. The molecule has 24 heavy (non-hydrogen) atoms. The Morgan fingerprint density at radius 1 is 1.17 bits per heavy atom. The lowest BCUT2D eigenvalue weighted by molar-refractivity contribution is -0.135. The first-order valence-corrected chi connectivity index (χ1v) is 8.65. The molecular weight excluding hydrogens is 306 g/mol. The molecule has 0 saturated heterocycles. The Kier molecular flexibility index (Phi) is 17.5. The third-order valence-electron chi connectivity index (χ3n) is 3.08. The number of alkyl carbamates (subject to hydrolysis) is 1. The third kappa shape index (κ3) is 16.3. The fourth-order valence-electron chi connectivity index (χ4n) is 1.62. The second-order valence-electron chi connectivity index (χ2n) is 5.11. The Morgan fingerprint density at radius 3 is 2.17 bits per heavy atom. The maximum absolute atomic E-state index is 10.9. The molecule has 1 amide bonds. The lowest BCUT2D eigenvalue weighted by atomic mass is 10.0. The number of ether oxygens (including phenoxy) is 1. The zero-order chi connectivity index (χ0) is 18.8. The number of benzene rings is 1. The number of rotatable bonds is 7. The van der Waals surface area contributed by atoms with Crippen molar-refractivity contribution in [3.8, 4) is 0 Å². The summed E-state index contributed by atoms with van der Waals surface area (Å²) in [4.78, 5) is 21.0. The molecule has 1 unspecified atom stereocenters. The average molecular weight is 339 g/mol. The third-order valence-corrected chi connectivity index (χ3v) is 3.08. The predicted octanol–water partition coefficient (Wildman–Crippen LogP) is 4.86. The summed E-state index contributed by atoms with van der Waals surface area (Å²) in [6, 6.07) is 9.13. The number of aliphatic carboxylic acids is 1. The summed E-state index contributed by atoms with van der Waals surface area (Å²) in [5.74, 6) is -0.156. The van der Waals surface area contributed by atoms with E-state index in [9.17, 15) is 9.59 Å². The van der Waals surface area contributed by atoms with Gasteiger partial charge in [0, 0.05) is 0 Å². The van der Waals surface area contributed by atoms with Crippen LogP contribution >= 0.6 is 0 Å². The molecule has 1 rings (SSSR count). The van der Waals surface area contributed by atoms with E-state index in [1.807, 2.05) is 44.2 Å². The van der Waals surface area contributed by atoms with Gasteiger partial charge in [0.05, 0.1) is 0 Å². The number of carboxylic acid groups (broad SMARTS) is 1. The van der Waals surface area contributed by atoms with Crippen molar-refractivity contribution in [3.63, 3.8) is 0 Å². The van der Waals surface area contributed by atoms with Gasteiger partial charge in [-0.25, -0.2) is 4.79 Å². The van der Waals surface area contributed by atoms with Crippen LogP contribution in [0.3, 0.4) is 0 Å². The number of amides is 1. The van der Waals surface area contributed by atoms with Crippen molar-refractivity contribution in [1.29, 1.82) is 0 Å². The van der Waals surface area contributed by atoms with E-state index in [0.29, 0.717) is 0 Å². The van der Waals surface area contributed by atoms with Crippen LogP contribution in [0.1, 0.15) is 59.4 Å². The summed E-state index contributed by atoms with van der Waals surface area (Å²) < 4.78 is 4.77. The Balaban J connectivity index is 0. The molecule has 5 heteroatoms. The Hall–Kier alpha value is -2.04. The van der Waals surface area contributed by atoms with E-state index in [1.165, 1.54) is 19.3 Å². The molecule has 1 aromatic rings. The number of carboxylic acids is 1. The highest BCUT2D eigenvalue weighted by Gasteiger charge is 2.04. The molecule has 0 aliphatic heterocycles. The quantitative estimate of drug-likeness (QED) is 0.744. The summed E-state index contributed by atoms with van der Waals surface area (Å²) in [5, 5.41) is 10.4. The second kappa shape index (κ2) is 17.3. The summed E-state index contributed by atoms with van der Waals surface area (Å²) in [6.45, 7) is 10.5. The Morgan fingerprint density at radius 2 is 1.75 bits per heavy atom. The minimum Gasteiger partial charge on any atom is -0.480 e. The summed E-state index contributed by atoms with van der Waals surface area (Å²) in [7, 11) is 0. The zero-order valence-corrected chi connectivity index (χ0v) is 15.7. The summed E-state index contributed by atoms with van der Waals surface area (Å²) in [5.41, 5.74) is 0.850. The summed E-state index contributed by atoms with van der Waals surface area (Å²) >= 11 is 0. The van der Waals surface area contributed by atoms with Gasteiger partial charge in [-0.15, -0.1) is 0 Å². The number of hydrogen-bond donors (Lipinski definition) is 2. The van der Waals surface area contributed by atoms with Crippen LogP contribution < -0.4 is 5.32 Å². The first-order valence-electron chi connectivity index (χ1n) is 8.65. The van der Waals surface area contributed by atoms with Crippen LogP contribution in [0.4, 0.5) is 4.79 Å². The Bertz CT molecular complexity index is 421. The number of nitrogens with one attached hydrogen (secondary N) is 1. The molecule has 0 fully saturated rings. The van der Waals surface area contributed by atoms with Crippen LogP contribution in [-0.4, -0.2) is 23.7 Å². The first kappa shape index (κ1) is 24.2. The molecule has 0 saturated carbocycles. The van der Waals surface area contributed by atoms with Gasteiger partial charge in [0.15, 0.2) is 0 Å². The van der Waals surface area contributed by atoms with Gasteiger partial charge in [-0.1, -0.05) is 84.2 Å². The molecule has 138 valence electrons. The SMILES string of the molecule is CC.CCCC(C)CC.O=C(O)CNC(=O)OCc1ccccc1. The van der Waals surface area contributed by atoms with Crippen molar-refractivity contribution in [2.75, 3.05) is 6.54 Å². The van der Waals surface area contributed by atoms with Gasteiger partial charge in [0.2, 0.25) is 0 Å². The fourth-order valence-corrected chi connectivity index (χ4v) is 1.62. The fraction of sp³-hybridized carbons (Fsp3) is 0.579. The maximum atomic E-state index is 10.9. The van der Waals surface area contributed by atoms with Gasteiger partial charge in [-0.05, 0) is 11.5 Å². The van der Waals surface area contributed by atoms with E-state index < -0.39 is 18.6 Å². The smallest absolute Gasteiger partial charge is 0.407 e. The first-order chi connectivity index (χ1) is 11.5. The van der Waals surface area contributed by atoms with E-state index in [-0.39, 0.29) is 6.61 Å². The highest BCUT2D eigenvalue weighted by Crippen LogP contribution is 2.07. The largest absolute Gasteiger partial charge is 0.480 e. The molecule has 2 N–H and O–H groups in total. The van der Waals surface area contributed by atoms with Crippen molar-refractivity contribution in [3.05, 3.63) is 35.9 Å². The van der Waals surface area contributed by atoms with Gasteiger partial charge in [0.25, 0.3) is 0 Å². The molecule has 0 spiro atoms. The van der Waals surface area contributed by atoms with Crippen molar-refractivity contribution in [2.24, 2.45) is 5.92 Å². The van der Waals surface area contributed by atoms with Crippen molar-refractivity contribution in [2.45, 2.75) is 60.5 Å². The zero-order valence-electron chi connectivity index (χ0n) is 15.7. The topological polar surface area (TPSA) is 75.6 Å². The number of carbonyl (C=O) groups excluding carboxylic acids is 1. The average Bonchev–Trinajstić information content (AvgIpc) is 2.61. The lowest BCUT2D eigenvalue weighted by Crippen LogP contribution is -2.29. The van der Waals surface area contributed by atoms with Gasteiger partial charge in [-0.3, -0.25) is 4.79 Å². The molecule has 1 aromatic carbocycles. The maximum Gasteiger partial charge on any atom is 0.407 e. The molecule has 0 bridgehead atoms. The highest BCUT2D eigenvalue weighted by atomic mass is 16.5. The Labute approximate surface area is 146 Å². The molecule has 0 aromatic heterocycles. The van der Waals surface area contributed by atoms with E-state index in [1.54, 1.807) is 0 Å². The predicted molar refractivity (Wildman–Crippen MR) is 98.0 cm³/mol. The van der Waals surface area contributed by atoms with Gasteiger partial charge >= 0.3 is 12.1 Å². The van der Waals surface area contributed by atoms with E-state index in [2.05, 4.69) is 26.1 Å². The number of hydrogen-bond acceptors (Lipinski definition) is 3. The van der Waals surface area contributed by atoms with E-state index >= 15 is 0 Å². The van der Waals surface area contributed by atoms with Crippen molar-refractivity contribution >= 4 is 12.1 Å². The summed E-state index contributed by atoms with van der Waals surface area (Å²) in [6.07, 6.45) is 3.35. The monoisotopic (exact) mass is 339 g/mol. The van der Waals surface area contributed by atoms with Gasteiger partial charge in [-0.2, -0.15) is 0 Å². The lowest BCUT2D eigenvalue weighted by Gasteiger charge is -2.04. The van der Waals surface area contributed by atoms with Gasteiger partial charge in [0.1, 0.15) is 13.2 Å². The standard InChI is InChI=1S/C10H11NO4.C7H16.C2H6/c12-9(13)6-11-10(14)15-7-8-4-2-1-3-5-8;1-4-6-7(3)5-2;1-2/h1-5H,6-7H2,(H,11,14)(H,12,13);7H,4-6H2,1-3H3;1-2H3. The van der Waals surface area contributed by atoms with Crippen LogP contribution in [0.2, 0.25) is 0 Å². The van der Waals surface area contributed by atoms with Crippen LogP contribution in [0.15, 0.2) is 30.3 Å². The normalized spacial score (nSPS) is 10.2.